The monoisotopic (exact) mass is 532 g/mol. The van der Waals surface area contributed by atoms with Crippen molar-refractivity contribution in [3.8, 4) is 0 Å². The van der Waals surface area contributed by atoms with E-state index in [0.29, 0.717) is 6.61 Å². The van der Waals surface area contributed by atoms with Crippen LogP contribution in [0.15, 0.2) is 12.2 Å². The van der Waals surface area contributed by atoms with Crippen molar-refractivity contribution in [2.24, 2.45) is 11.8 Å². The normalized spacial score (nSPS) is 18.6. The molecule has 202 valence electrons. The van der Waals surface area contributed by atoms with E-state index in [1.165, 1.54) is 0 Å². The molecule has 0 radical (unpaired) electrons. The van der Waals surface area contributed by atoms with Gasteiger partial charge >= 0.3 is 0 Å². The van der Waals surface area contributed by atoms with Crippen LogP contribution in [0.25, 0.3) is 0 Å². The minimum Gasteiger partial charge on any atom is -0.414 e. The van der Waals surface area contributed by atoms with Gasteiger partial charge in [-0.25, -0.2) is 0 Å². The van der Waals surface area contributed by atoms with Gasteiger partial charge in [0, 0.05) is 18.9 Å². The molecule has 8 heteroatoms. The second-order valence-electron chi connectivity index (χ2n) is 13.2. The van der Waals surface area contributed by atoms with Crippen LogP contribution in [0.1, 0.15) is 48.0 Å². The molecule has 0 aromatic carbocycles. The maximum Gasteiger partial charge on any atom is 0.192 e. The van der Waals surface area contributed by atoms with Gasteiger partial charge in [-0.1, -0.05) is 40.7 Å². The van der Waals surface area contributed by atoms with E-state index in [0.717, 1.165) is 6.42 Å². The lowest BCUT2D eigenvalue weighted by Crippen LogP contribution is -2.50. The molecule has 0 aromatic rings. The van der Waals surface area contributed by atoms with Gasteiger partial charge in [-0.15, -0.1) is 0 Å². The van der Waals surface area contributed by atoms with Crippen LogP contribution in [-0.4, -0.2) is 62.8 Å². The fourth-order valence-corrected chi connectivity index (χ4v) is 7.58. The third-order valence-corrected chi connectivity index (χ3v) is 13.0. The SMILES string of the molecule is C/C=C/C(=O)[C@H](C)[C@@H](O[Si](C)(C)C)[C@@H](C)[C@@H](C[C@H](COC)O[Si](C)(C)C(C)(C)C)O[Si](C)(C)C. The van der Waals surface area contributed by atoms with Crippen molar-refractivity contribution in [2.75, 3.05) is 13.7 Å². The number of ether oxygens (including phenoxy) is 1. The highest BCUT2D eigenvalue weighted by Gasteiger charge is 2.42. The van der Waals surface area contributed by atoms with E-state index in [1.54, 1.807) is 13.2 Å². The molecule has 0 aromatic heterocycles. The lowest BCUT2D eigenvalue weighted by molar-refractivity contribution is -0.122. The minimum absolute atomic E-state index is 0.0324. The summed E-state index contributed by atoms with van der Waals surface area (Å²) in [6, 6.07) is 0. The molecule has 0 saturated heterocycles. The number of carbonyl (C=O) groups excluding carboxylic acids is 1. The maximum atomic E-state index is 12.9. The van der Waals surface area contributed by atoms with Gasteiger partial charge in [-0.3, -0.25) is 4.79 Å². The molecule has 0 fully saturated rings. The Balaban J connectivity index is 6.20. The third kappa shape index (κ3) is 12.2. The van der Waals surface area contributed by atoms with Gasteiger partial charge in [-0.05, 0) is 76.8 Å². The zero-order valence-electron chi connectivity index (χ0n) is 25.0. The molecule has 0 bridgehead atoms. The summed E-state index contributed by atoms with van der Waals surface area (Å²) in [5.41, 5.74) is 0. The predicted molar refractivity (Wildman–Crippen MR) is 153 cm³/mol. The van der Waals surface area contributed by atoms with Crippen LogP contribution in [0.5, 0.6) is 0 Å². The van der Waals surface area contributed by atoms with Crippen LogP contribution < -0.4 is 0 Å². The predicted octanol–water partition coefficient (Wildman–Crippen LogP) is 7.27. The maximum absolute atomic E-state index is 12.9. The van der Waals surface area contributed by atoms with Crippen LogP contribution in [0.3, 0.4) is 0 Å². The molecular weight excluding hydrogens is 477 g/mol. The van der Waals surface area contributed by atoms with Crippen molar-refractivity contribution in [3.05, 3.63) is 12.2 Å². The summed E-state index contributed by atoms with van der Waals surface area (Å²) < 4.78 is 25.9. The van der Waals surface area contributed by atoms with Gasteiger partial charge < -0.3 is 18.0 Å². The summed E-state index contributed by atoms with van der Waals surface area (Å²) in [5, 5.41) is 0.108. The smallest absolute Gasteiger partial charge is 0.192 e. The Bertz CT molecular complexity index is 644. The van der Waals surface area contributed by atoms with Crippen molar-refractivity contribution in [1.82, 2.24) is 0 Å². The first kappa shape index (κ1) is 33.9. The highest BCUT2D eigenvalue weighted by Crippen LogP contribution is 2.38. The van der Waals surface area contributed by atoms with Gasteiger partial charge in [-0.2, -0.15) is 0 Å². The van der Waals surface area contributed by atoms with Crippen molar-refractivity contribution in [2.45, 2.75) is 124 Å². The summed E-state index contributed by atoms with van der Waals surface area (Å²) in [5.74, 6) is -0.104. The minimum atomic E-state index is -1.99. The summed E-state index contributed by atoms with van der Waals surface area (Å²) in [7, 11) is -4.05. The Morgan fingerprint density at radius 3 is 1.76 bits per heavy atom. The average molecular weight is 533 g/mol. The molecule has 0 aliphatic rings. The number of methoxy groups -OCH3 is 1. The Morgan fingerprint density at radius 1 is 0.882 bits per heavy atom. The van der Waals surface area contributed by atoms with E-state index in [4.69, 9.17) is 18.0 Å². The molecule has 0 rings (SSSR count). The highest BCUT2D eigenvalue weighted by molar-refractivity contribution is 6.74. The second-order valence-corrected chi connectivity index (χ2v) is 26.9. The van der Waals surface area contributed by atoms with E-state index >= 15 is 0 Å². The first-order chi connectivity index (χ1) is 15.1. The molecule has 0 saturated carbocycles. The lowest BCUT2D eigenvalue weighted by Gasteiger charge is -2.43. The van der Waals surface area contributed by atoms with Crippen molar-refractivity contribution < 1.29 is 22.8 Å². The second kappa shape index (κ2) is 13.4. The fourth-order valence-electron chi connectivity index (χ4n) is 3.78. The molecule has 0 unspecified atom stereocenters. The molecule has 0 spiro atoms. The number of ketones is 1. The van der Waals surface area contributed by atoms with E-state index in [-0.39, 0.29) is 41.0 Å². The summed E-state index contributed by atoms with van der Waals surface area (Å²) in [4.78, 5) is 12.9. The first-order valence-electron chi connectivity index (χ1n) is 12.8. The van der Waals surface area contributed by atoms with E-state index in [9.17, 15) is 4.79 Å². The largest absolute Gasteiger partial charge is 0.414 e. The van der Waals surface area contributed by atoms with Crippen LogP contribution in [0.4, 0.5) is 0 Å². The Kier molecular flexibility index (Phi) is 13.4. The van der Waals surface area contributed by atoms with E-state index in [2.05, 4.69) is 80.1 Å². The summed E-state index contributed by atoms with van der Waals surface area (Å²) >= 11 is 0. The molecular formula is C26H56O5Si3. The quantitative estimate of drug-likeness (QED) is 0.164. The lowest BCUT2D eigenvalue weighted by atomic mass is 9.85. The van der Waals surface area contributed by atoms with Crippen LogP contribution in [0, 0.1) is 11.8 Å². The molecule has 0 N–H and O–H groups in total. The standard InChI is InChI=1S/C26H56O5Si3/c1-16-17-23(27)20(2)25(31-33(11,12)13)21(3)24(30-32(8,9)10)18-22(19-28-7)29-34(14,15)26(4,5)6/h16-17,20-22,24-25H,18-19H2,1-15H3/b17-16+/t20-,21-,22+,24+,25+/m0/s1. The number of rotatable bonds is 15. The van der Waals surface area contributed by atoms with Gasteiger partial charge in [0.2, 0.25) is 0 Å². The Morgan fingerprint density at radius 2 is 1.38 bits per heavy atom. The number of hydrogen-bond donors (Lipinski definition) is 0. The van der Waals surface area contributed by atoms with Gasteiger partial charge in [0.15, 0.2) is 30.7 Å². The Hall–Kier alpha value is -0.0994. The van der Waals surface area contributed by atoms with Gasteiger partial charge in [0.25, 0.3) is 0 Å². The summed E-state index contributed by atoms with van der Waals surface area (Å²) in [6.45, 7) is 31.1. The number of hydrogen-bond acceptors (Lipinski definition) is 5. The molecule has 5 atom stereocenters. The Labute approximate surface area is 214 Å². The average Bonchev–Trinajstić information content (AvgIpc) is 2.61. The van der Waals surface area contributed by atoms with Crippen molar-refractivity contribution in [3.63, 3.8) is 0 Å². The van der Waals surface area contributed by atoms with Crippen LogP contribution in [0.2, 0.25) is 57.4 Å². The molecule has 0 amide bonds. The molecule has 0 aliphatic heterocycles. The van der Waals surface area contributed by atoms with E-state index in [1.807, 2.05) is 19.9 Å². The third-order valence-electron chi connectivity index (χ3n) is 6.49. The van der Waals surface area contributed by atoms with Gasteiger partial charge in [0.1, 0.15) is 0 Å². The molecule has 5 nitrogen and oxygen atoms in total. The van der Waals surface area contributed by atoms with Gasteiger partial charge in [0.05, 0.1) is 24.9 Å². The van der Waals surface area contributed by atoms with E-state index < -0.39 is 25.0 Å². The van der Waals surface area contributed by atoms with Crippen molar-refractivity contribution in [1.29, 1.82) is 0 Å². The molecule has 0 aliphatic carbocycles. The van der Waals surface area contributed by atoms with Crippen molar-refractivity contribution >= 4 is 30.7 Å². The van der Waals surface area contributed by atoms with Crippen LogP contribution in [-0.2, 0) is 22.8 Å². The van der Waals surface area contributed by atoms with Crippen LogP contribution >= 0.6 is 0 Å². The number of carbonyl (C=O) groups is 1. The zero-order valence-corrected chi connectivity index (χ0v) is 28.0. The highest BCUT2D eigenvalue weighted by atomic mass is 28.4. The molecule has 34 heavy (non-hydrogen) atoms. The summed E-state index contributed by atoms with van der Waals surface area (Å²) in [6.07, 6.45) is 3.84. The molecule has 0 heterocycles. The zero-order chi connectivity index (χ0) is 27.1. The number of allylic oxidation sites excluding steroid dienone is 2. The first-order valence-corrected chi connectivity index (χ1v) is 22.6. The topological polar surface area (TPSA) is 54.0 Å². The fraction of sp³-hybridized carbons (Fsp3) is 0.885.